The Kier molecular flexibility index (Phi) is 5.54. The van der Waals surface area contributed by atoms with Gasteiger partial charge in [-0.25, -0.2) is 0 Å². The molecule has 132 valence electrons. The van der Waals surface area contributed by atoms with Gasteiger partial charge in [-0.15, -0.1) is 0 Å². The number of halogens is 1. The molecular weight excluding hydrogens is 348 g/mol. The van der Waals surface area contributed by atoms with E-state index >= 15 is 0 Å². The molecule has 0 spiro atoms. The third kappa shape index (κ3) is 4.03. The van der Waals surface area contributed by atoms with E-state index in [1.54, 1.807) is 18.3 Å². The van der Waals surface area contributed by atoms with Crippen LogP contribution in [0.3, 0.4) is 0 Å². The van der Waals surface area contributed by atoms with Crippen LogP contribution in [0, 0.1) is 0 Å². The molecule has 0 atom stereocenters. The number of nitrogens with one attached hydrogen (secondary N) is 1. The molecule has 5 heteroatoms. The van der Waals surface area contributed by atoms with E-state index in [2.05, 4.69) is 12.2 Å². The Labute approximate surface area is 157 Å². The van der Waals surface area contributed by atoms with Crippen LogP contribution in [0.4, 0.5) is 5.69 Å². The number of rotatable bonds is 5. The molecule has 3 rings (SSSR count). The molecular formula is C21H19ClN2O2. The minimum absolute atomic E-state index is 0.0964. The van der Waals surface area contributed by atoms with E-state index in [0.29, 0.717) is 17.3 Å². The fourth-order valence-corrected chi connectivity index (χ4v) is 2.86. The molecule has 3 aromatic rings. The second-order valence-electron chi connectivity index (χ2n) is 5.95. The minimum Gasteiger partial charge on any atom is -0.322 e. The van der Waals surface area contributed by atoms with Gasteiger partial charge in [-0.2, -0.15) is 0 Å². The molecule has 0 saturated carbocycles. The summed E-state index contributed by atoms with van der Waals surface area (Å²) in [5.41, 5.74) is 2.41. The Morgan fingerprint density at radius 1 is 1.04 bits per heavy atom. The van der Waals surface area contributed by atoms with E-state index in [4.69, 9.17) is 11.6 Å². The normalized spacial score (nSPS) is 10.5. The van der Waals surface area contributed by atoms with Gasteiger partial charge in [0.15, 0.2) is 0 Å². The summed E-state index contributed by atoms with van der Waals surface area (Å²) in [6.45, 7) is 2.38. The summed E-state index contributed by atoms with van der Waals surface area (Å²) in [7, 11) is 0. The maximum absolute atomic E-state index is 12.7. The lowest BCUT2D eigenvalue weighted by molar-refractivity contribution is 0.102. The van der Waals surface area contributed by atoms with Crippen LogP contribution in [0.5, 0.6) is 0 Å². The standard InChI is InChI=1S/C21H19ClN2O2/c1-2-15-9-11-17(12-10-15)23-20(25)18-7-5-13-24(21(18)26)14-16-6-3-4-8-19(16)22/h3-13H,2,14H2,1H3,(H,23,25). The van der Waals surface area contributed by atoms with Crippen molar-refractivity contribution < 1.29 is 4.79 Å². The first kappa shape index (κ1) is 18.0. The molecule has 26 heavy (non-hydrogen) atoms. The third-order valence-electron chi connectivity index (χ3n) is 4.18. The zero-order valence-corrected chi connectivity index (χ0v) is 15.2. The van der Waals surface area contributed by atoms with Crippen molar-refractivity contribution in [3.63, 3.8) is 0 Å². The maximum atomic E-state index is 12.7. The highest BCUT2D eigenvalue weighted by atomic mass is 35.5. The average Bonchev–Trinajstić information content (AvgIpc) is 2.65. The average molecular weight is 367 g/mol. The molecule has 1 N–H and O–H groups in total. The van der Waals surface area contributed by atoms with Crippen LogP contribution in [0.15, 0.2) is 71.7 Å². The van der Waals surface area contributed by atoms with E-state index in [9.17, 15) is 9.59 Å². The number of nitrogens with zero attached hydrogens (tertiary/aromatic N) is 1. The van der Waals surface area contributed by atoms with E-state index < -0.39 is 5.91 Å². The highest BCUT2D eigenvalue weighted by molar-refractivity contribution is 6.31. The smallest absolute Gasteiger partial charge is 0.263 e. The van der Waals surface area contributed by atoms with Crippen molar-refractivity contribution in [2.75, 3.05) is 5.32 Å². The minimum atomic E-state index is -0.423. The molecule has 0 radical (unpaired) electrons. The fraction of sp³-hybridized carbons (Fsp3) is 0.143. The van der Waals surface area contributed by atoms with Crippen molar-refractivity contribution in [1.82, 2.24) is 4.57 Å². The van der Waals surface area contributed by atoms with Crippen LogP contribution < -0.4 is 10.9 Å². The zero-order chi connectivity index (χ0) is 18.5. The summed E-state index contributed by atoms with van der Waals surface area (Å²) in [6.07, 6.45) is 2.58. The van der Waals surface area contributed by atoms with Crippen molar-refractivity contribution in [3.05, 3.63) is 98.9 Å². The van der Waals surface area contributed by atoms with Crippen LogP contribution >= 0.6 is 11.6 Å². The molecule has 0 aliphatic carbocycles. The SMILES string of the molecule is CCc1ccc(NC(=O)c2cccn(Cc3ccccc3Cl)c2=O)cc1. The van der Waals surface area contributed by atoms with Gasteiger partial charge in [-0.05, 0) is 47.9 Å². The van der Waals surface area contributed by atoms with Crippen molar-refractivity contribution in [1.29, 1.82) is 0 Å². The molecule has 0 fully saturated rings. The predicted molar refractivity (Wildman–Crippen MR) is 105 cm³/mol. The lowest BCUT2D eigenvalue weighted by Crippen LogP contribution is -2.29. The number of hydrogen-bond acceptors (Lipinski definition) is 2. The van der Waals surface area contributed by atoms with E-state index in [0.717, 1.165) is 12.0 Å². The van der Waals surface area contributed by atoms with Crippen molar-refractivity contribution >= 4 is 23.2 Å². The summed E-state index contributed by atoms with van der Waals surface area (Å²) in [5.74, 6) is -0.423. The van der Waals surface area contributed by atoms with Crippen LogP contribution in [0.1, 0.15) is 28.4 Å². The van der Waals surface area contributed by atoms with Gasteiger partial charge in [-0.3, -0.25) is 9.59 Å². The first-order valence-corrected chi connectivity index (χ1v) is 8.79. The van der Waals surface area contributed by atoms with Crippen LogP contribution in [0.25, 0.3) is 0 Å². The van der Waals surface area contributed by atoms with Gasteiger partial charge in [0.1, 0.15) is 5.56 Å². The van der Waals surface area contributed by atoms with Gasteiger partial charge in [0.25, 0.3) is 11.5 Å². The Morgan fingerprint density at radius 2 is 1.77 bits per heavy atom. The summed E-state index contributed by atoms with van der Waals surface area (Å²) in [5, 5.41) is 3.36. The number of pyridine rings is 1. The number of hydrogen-bond donors (Lipinski definition) is 1. The van der Waals surface area contributed by atoms with Crippen molar-refractivity contribution in [3.8, 4) is 0 Å². The number of aryl methyl sites for hydroxylation is 1. The van der Waals surface area contributed by atoms with E-state index in [1.165, 1.54) is 16.2 Å². The predicted octanol–water partition coefficient (Wildman–Crippen LogP) is 4.36. The highest BCUT2D eigenvalue weighted by Gasteiger charge is 2.13. The van der Waals surface area contributed by atoms with Crippen molar-refractivity contribution in [2.24, 2.45) is 0 Å². The highest BCUT2D eigenvalue weighted by Crippen LogP contribution is 2.16. The Balaban J connectivity index is 1.83. The molecule has 1 heterocycles. The van der Waals surface area contributed by atoms with Gasteiger partial charge in [0, 0.05) is 16.9 Å². The number of anilines is 1. The molecule has 1 aromatic heterocycles. The first-order valence-electron chi connectivity index (χ1n) is 8.41. The summed E-state index contributed by atoms with van der Waals surface area (Å²) < 4.78 is 1.48. The Hall–Kier alpha value is -2.85. The van der Waals surface area contributed by atoms with E-state index in [1.807, 2.05) is 42.5 Å². The second kappa shape index (κ2) is 8.02. The number of carbonyl (C=O) groups excluding carboxylic acids is 1. The first-order chi connectivity index (χ1) is 12.6. The summed E-state index contributed by atoms with van der Waals surface area (Å²) in [6, 6.07) is 18.1. The molecule has 2 aromatic carbocycles. The van der Waals surface area contributed by atoms with E-state index in [-0.39, 0.29) is 11.1 Å². The molecule has 0 bridgehead atoms. The number of amides is 1. The Morgan fingerprint density at radius 3 is 2.46 bits per heavy atom. The number of aromatic nitrogens is 1. The fourth-order valence-electron chi connectivity index (χ4n) is 2.67. The topological polar surface area (TPSA) is 51.1 Å². The second-order valence-corrected chi connectivity index (χ2v) is 6.36. The lowest BCUT2D eigenvalue weighted by Gasteiger charge is -2.10. The van der Waals surface area contributed by atoms with Crippen LogP contribution in [-0.4, -0.2) is 10.5 Å². The summed E-state index contributed by atoms with van der Waals surface area (Å²) in [4.78, 5) is 25.2. The molecule has 0 unspecified atom stereocenters. The largest absolute Gasteiger partial charge is 0.322 e. The molecule has 0 aliphatic rings. The van der Waals surface area contributed by atoms with Crippen molar-refractivity contribution in [2.45, 2.75) is 19.9 Å². The molecule has 4 nitrogen and oxygen atoms in total. The molecule has 0 saturated heterocycles. The van der Waals surface area contributed by atoms with Gasteiger partial charge in [-0.1, -0.05) is 48.9 Å². The number of benzene rings is 2. The quantitative estimate of drug-likeness (QED) is 0.729. The van der Waals surface area contributed by atoms with Gasteiger partial charge < -0.3 is 9.88 Å². The van der Waals surface area contributed by atoms with Gasteiger partial charge in [0.2, 0.25) is 0 Å². The molecule has 0 aliphatic heterocycles. The molecule has 1 amide bonds. The number of carbonyl (C=O) groups is 1. The Bertz CT molecular complexity index is 978. The van der Waals surface area contributed by atoms with Gasteiger partial charge >= 0.3 is 0 Å². The zero-order valence-electron chi connectivity index (χ0n) is 14.4. The third-order valence-corrected chi connectivity index (χ3v) is 4.55. The van der Waals surface area contributed by atoms with Crippen LogP contribution in [0.2, 0.25) is 5.02 Å². The summed E-state index contributed by atoms with van der Waals surface area (Å²) >= 11 is 6.17. The maximum Gasteiger partial charge on any atom is 0.263 e. The van der Waals surface area contributed by atoms with Gasteiger partial charge in [0.05, 0.1) is 6.54 Å². The van der Waals surface area contributed by atoms with Crippen LogP contribution in [-0.2, 0) is 13.0 Å². The monoisotopic (exact) mass is 366 g/mol. The lowest BCUT2D eigenvalue weighted by atomic mass is 10.1.